The molecule has 0 aromatic carbocycles. The van der Waals surface area contributed by atoms with Crippen LogP contribution in [0, 0.1) is 3.57 Å². The first kappa shape index (κ1) is 12.6. The SMILES string of the molecule is COc1cc(C(=O)Cl)c(I)c(C(F)F)n1. The van der Waals surface area contributed by atoms with Crippen LogP contribution in [0.3, 0.4) is 0 Å². The summed E-state index contributed by atoms with van der Waals surface area (Å²) >= 11 is 6.84. The molecule has 0 unspecified atom stereocenters. The van der Waals surface area contributed by atoms with Crippen molar-refractivity contribution in [2.45, 2.75) is 6.43 Å². The predicted molar refractivity (Wildman–Crippen MR) is 58.6 cm³/mol. The number of alkyl halides is 2. The van der Waals surface area contributed by atoms with Gasteiger partial charge in [0.25, 0.3) is 11.7 Å². The lowest BCUT2D eigenvalue weighted by Crippen LogP contribution is -2.04. The molecule has 0 N–H and O–H groups in total. The Hall–Kier alpha value is -0.500. The van der Waals surface area contributed by atoms with Crippen LogP contribution in [0.25, 0.3) is 0 Å². The first-order valence-electron chi connectivity index (χ1n) is 3.69. The molecule has 1 aromatic heterocycles. The number of carbonyl (C=O) groups excluding carboxylic acids is 1. The fourth-order valence-corrected chi connectivity index (χ4v) is 1.98. The second-order valence-corrected chi connectivity index (χ2v) is 3.91. The van der Waals surface area contributed by atoms with Crippen molar-refractivity contribution < 1.29 is 18.3 Å². The van der Waals surface area contributed by atoms with Gasteiger partial charge in [0, 0.05) is 6.07 Å². The largest absolute Gasteiger partial charge is 0.481 e. The van der Waals surface area contributed by atoms with Gasteiger partial charge in [-0.25, -0.2) is 13.8 Å². The molecular formula is C8H5ClF2INO2. The van der Waals surface area contributed by atoms with Gasteiger partial charge >= 0.3 is 0 Å². The minimum Gasteiger partial charge on any atom is -0.481 e. The van der Waals surface area contributed by atoms with Crippen LogP contribution in [0.1, 0.15) is 22.5 Å². The van der Waals surface area contributed by atoms with Gasteiger partial charge in [0.05, 0.1) is 16.2 Å². The zero-order valence-corrected chi connectivity index (χ0v) is 10.3. The average Bonchev–Trinajstić information content (AvgIpc) is 2.17. The van der Waals surface area contributed by atoms with Gasteiger partial charge in [0.2, 0.25) is 5.88 Å². The average molecular weight is 347 g/mol. The van der Waals surface area contributed by atoms with Gasteiger partial charge in [-0.1, -0.05) is 0 Å². The number of hydrogen-bond donors (Lipinski definition) is 0. The van der Waals surface area contributed by atoms with Gasteiger partial charge in [0.15, 0.2) is 0 Å². The molecule has 15 heavy (non-hydrogen) atoms. The number of hydrogen-bond acceptors (Lipinski definition) is 3. The molecule has 3 nitrogen and oxygen atoms in total. The van der Waals surface area contributed by atoms with E-state index in [1.165, 1.54) is 13.2 Å². The number of ether oxygens (including phenoxy) is 1. The molecular weight excluding hydrogens is 342 g/mol. The highest BCUT2D eigenvalue weighted by Gasteiger charge is 2.21. The maximum atomic E-state index is 12.5. The summed E-state index contributed by atoms with van der Waals surface area (Å²) in [6.07, 6.45) is -2.78. The summed E-state index contributed by atoms with van der Waals surface area (Å²) in [6.45, 7) is 0. The van der Waals surface area contributed by atoms with E-state index in [0.717, 1.165) is 0 Å². The minimum absolute atomic E-state index is 0.0283. The van der Waals surface area contributed by atoms with E-state index in [-0.39, 0.29) is 15.0 Å². The molecule has 0 aliphatic heterocycles. The normalized spacial score (nSPS) is 10.5. The smallest absolute Gasteiger partial charge is 0.281 e. The van der Waals surface area contributed by atoms with Gasteiger partial charge in [-0.05, 0) is 34.2 Å². The molecule has 0 bridgehead atoms. The maximum Gasteiger partial charge on any atom is 0.281 e. The van der Waals surface area contributed by atoms with Crippen molar-refractivity contribution in [3.05, 3.63) is 20.9 Å². The Balaban J connectivity index is 3.40. The minimum atomic E-state index is -2.78. The molecule has 0 saturated carbocycles. The summed E-state index contributed by atoms with van der Waals surface area (Å²) in [4.78, 5) is 14.5. The van der Waals surface area contributed by atoms with E-state index < -0.39 is 17.4 Å². The van der Waals surface area contributed by atoms with Crippen LogP contribution in [0.5, 0.6) is 5.88 Å². The van der Waals surface area contributed by atoms with Gasteiger partial charge in [0.1, 0.15) is 5.69 Å². The van der Waals surface area contributed by atoms with Crippen molar-refractivity contribution in [1.82, 2.24) is 4.98 Å². The lowest BCUT2D eigenvalue weighted by atomic mass is 10.2. The topological polar surface area (TPSA) is 39.2 Å². The number of aromatic nitrogens is 1. The van der Waals surface area contributed by atoms with Crippen LogP contribution < -0.4 is 4.74 Å². The Kier molecular flexibility index (Phi) is 4.21. The highest BCUT2D eigenvalue weighted by Crippen LogP contribution is 2.28. The molecule has 1 rings (SSSR count). The van der Waals surface area contributed by atoms with Gasteiger partial charge in [-0.15, -0.1) is 0 Å². The summed E-state index contributed by atoms with van der Waals surface area (Å²) in [5.74, 6) is -0.0604. The molecule has 0 radical (unpaired) electrons. The lowest BCUT2D eigenvalue weighted by Gasteiger charge is -2.08. The van der Waals surface area contributed by atoms with Crippen molar-refractivity contribution in [3.63, 3.8) is 0 Å². The number of carbonyl (C=O) groups is 1. The Morgan fingerprint density at radius 3 is 2.67 bits per heavy atom. The van der Waals surface area contributed by atoms with E-state index in [1.54, 1.807) is 22.6 Å². The number of methoxy groups -OCH3 is 1. The predicted octanol–water partition coefficient (Wildman–Crippen LogP) is 3.01. The molecule has 0 saturated heterocycles. The van der Waals surface area contributed by atoms with Crippen molar-refractivity contribution in [2.24, 2.45) is 0 Å². The van der Waals surface area contributed by atoms with E-state index in [2.05, 4.69) is 4.98 Å². The second-order valence-electron chi connectivity index (χ2n) is 2.49. The number of halogens is 4. The fraction of sp³-hybridized carbons (Fsp3) is 0.250. The third kappa shape index (κ3) is 2.75. The number of rotatable bonds is 3. The van der Waals surface area contributed by atoms with Crippen LogP contribution >= 0.6 is 34.2 Å². The third-order valence-corrected chi connectivity index (χ3v) is 2.92. The Bertz CT molecular complexity index is 400. The lowest BCUT2D eigenvalue weighted by molar-refractivity contribution is 0.107. The van der Waals surface area contributed by atoms with Crippen LogP contribution in [-0.2, 0) is 0 Å². The third-order valence-electron chi connectivity index (χ3n) is 1.59. The van der Waals surface area contributed by atoms with E-state index >= 15 is 0 Å². The summed E-state index contributed by atoms with van der Waals surface area (Å²) in [6, 6.07) is 1.23. The number of pyridine rings is 1. The van der Waals surface area contributed by atoms with Crippen molar-refractivity contribution >= 4 is 39.4 Å². The molecule has 82 valence electrons. The van der Waals surface area contributed by atoms with Crippen LogP contribution in [0.4, 0.5) is 8.78 Å². The highest BCUT2D eigenvalue weighted by molar-refractivity contribution is 14.1. The van der Waals surface area contributed by atoms with Crippen LogP contribution in [0.2, 0.25) is 0 Å². The van der Waals surface area contributed by atoms with E-state index in [9.17, 15) is 13.6 Å². The van der Waals surface area contributed by atoms with Gasteiger partial charge in [-0.2, -0.15) is 0 Å². The van der Waals surface area contributed by atoms with Gasteiger partial charge < -0.3 is 4.74 Å². The molecule has 0 aliphatic carbocycles. The summed E-state index contributed by atoms with van der Waals surface area (Å²) in [7, 11) is 1.27. The second kappa shape index (κ2) is 5.02. The molecule has 7 heteroatoms. The molecule has 0 spiro atoms. The van der Waals surface area contributed by atoms with Gasteiger partial charge in [-0.3, -0.25) is 4.79 Å². The fourth-order valence-electron chi connectivity index (χ4n) is 0.917. The highest BCUT2D eigenvalue weighted by atomic mass is 127. The van der Waals surface area contributed by atoms with Crippen molar-refractivity contribution in [1.29, 1.82) is 0 Å². The standard InChI is InChI=1S/C8H5ClF2INO2/c1-15-4-2-3(7(9)14)5(12)6(13-4)8(10)11/h2,8H,1H3. The zero-order valence-electron chi connectivity index (χ0n) is 7.43. The first-order chi connectivity index (χ1) is 6.97. The molecule has 0 atom stereocenters. The van der Waals surface area contributed by atoms with E-state index in [1.807, 2.05) is 0 Å². The summed E-state index contributed by atoms with van der Waals surface area (Å²) < 4.78 is 29.8. The van der Waals surface area contributed by atoms with Crippen molar-refractivity contribution in [3.8, 4) is 5.88 Å². The summed E-state index contributed by atoms with van der Waals surface area (Å²) in [5.41, 5.74) is -0.529. The first-order valence-corrected chi connectivity index (χ1v) is 5.15. The van der Waals surface area contributed by atoms with E-state index in [4.69, 9.17) is 16.3 Å². The Morgan fingerprint density at radius 1 is 1.67 bits per heavy atom. The Labute approximate surface area is 103 Å². The molecule has 0 amide bonds. The maximum absolute atomic E-state index is 12.5. The number of nitrogens with zero attached hydrogens (tertiary/aromatic N) is 1. The van der Waals surface area contributed by atoms with E-state index in [0.29, 0.717) is 0 Å². The Morgan fingerprint density at radius 2 is 2.27 bits per heavy atom. The molecule has 0 aliphatic rings. The van der Waals surface area contributed by atoms with Crippen LogP contribution in [0.15, 0.2) is 6.07 Å². The zero-order chi connectivity index (χ0) is 11.6. The quantitative estimate of drug-likeness (QED) is 0.623. The molecule has 1 heterocycles. The summed E-state index contributed by atoms with van der Waals surface area (Å²) in [5, 5.41) is -0.818. The molecule has 0 fully saturated rings. The monoisotopic (exact) mass is 347 g/mol. The van der Waals surface area contributed by atoms with Crippen molar-refractivity contribution in [2.75, 3.05) is 7.11 Å². The van der Waals surface area contributed by atoms with Crippen LogP contribution in [-0.4, -0.2) is 17.3 Å². The molecule has 1 aromatic rings.